The summed E-state index contributed by atoms with van der Waals surface area (Å²) < 4.78 is 6.65. The van der Waals surface area contributed by atoms with Crippen molar-refractivity contribution in [3.05, 3.63) is 221 Å². The van der Waals surface area contributed by atoms with Gasteiger partial charge in [0.15, 0.2) is 0 Å². The molecule has 1 heterocycles. The molecule has 0 unspecified atom stereocenters. The van der Waals surface area contributed by atoms with E-state index < -0.39 is 0 Å². The van der Waals surface area contributed by atoms with Crippen LogP contribution in [0, 0.1) is 0 Å². The van der Waals surface area contributed by atoms with Crippen LogP contribution in [0.2, 0.25) is 0 Å². The molecular formula is C59H45NO. The van der Waals surface area contributed by atoms with E-state index in [1.165, 1.54) is 77.6 Å². The molecule has 1 aromatic heterocycles. The van der Waals surface area contributed by atoms with Gasteiger partial charge in [0.1, 0.15) is 11.2 Å². The molecule has 0 N–H and O–H groups in total. The molecule has 292 valence electrons. The summed E-state index contributed by atoms with van der Waals surface area (Å²) in [5.74, 6) is 0. The van der Waals surface area contributed by atoms with Gasteiger partial charge in [0.25, 0.3) is 0 Å². The van der Waals surface area contributed by atoms with Crippen molar-refractivity contribution in [1.29, 1.82) is 0 Å². The van der Waals surface area contributed by atoms with E-state index in [0.29, 0.717) is 0 Å². The Bertz CT molecular complexity index is 3370. The summed E-state index contributed by atoms with van der Waals surface area (Å²) in [7, 11) is 0. The Kier molecular flexibility index (Phi) is 7.72. The monoisotopic (exact) mass is 783 g/mol. The van der Waals surface area contributed by atoms with Gasteiger partial charge >= 0.3 is 0 Å². The number of allylic oxidation sites excluding steroid dienone is 6. The molecule has 3 aliphatic rings. The number of hydrogen-bond donors (Lipinski definition) is 0. The lowest BCUT2D eigenvalue weighted by molar-refractivity contribution is 0.626. The summed E-state index contributed by atoms with van der Waals surface area (Å²) in [6.45, 7) is 9.51. The highest BCUT2D eigenvalue weighted by atomic mass is 16.3. The first-order valence-corrected chi connectivity index (χ1v) is 21.6. The summed E-state index contributed by atoms with van der Waals surface area (Å²) in [6.07, 6.45) is 7.98. The Morgan fingerprint density at radius 2 is 1.16 bits per heavy atom. The van der Waals surface area contributed by atoms with Crippen LogP contribution in [0.3, 0.4) is 0 Å². The molecule has 2 heteroatoms. The molecule has 0 saturated carbocycles. The largest absolute Gasteiger partial charge is 0.456 e. The molecule has 0 saturated heterocycles. The second-order valence-corrected chi connectivity index (χ2v) is 18.1. The van der Waals surface area contributed by atoms with Crippen LogP contribution in [-0.4, -0.2) is 0 Å². The molecular weight excluding hydrogens is 739 g/mol. The SMILES string of the molecule is CC1(C)C2=C(C=CC(c3ccccc3)=CC2)c2ccc(N(c3ccc(-c4ccc5c(c4)C(C)(C)c4ccccc4-5)cc3)c3cccc4oc5cc6ccccc6cc5c34)cc21. The first-order chi connectivity index (χ1) is 29.7. The number of rotatable bonds is 5. The van der Waals surface area contributed by atoms with Crippen LogP contribution in [-0.2, 0) is 10.8 Å². The van der Waals surface area contributed by atoms with E-state index in [-0.39, 0.29) is 10.8 Å². The minimum atomic E-state index is -0.155. The van der Waals surface area contributed by atoms with Crippen molar-refractivity contribution in [2.24, 2.45) is 0 Å². The summed E-state index contributed by atoms with van der Waals surface area (Å²) in [5.41, 5.74) is 20.8. The van der Waals surface area contributed by atoms with Crippen LogP contribution in [0.5, 0.6) is 0 Å². The van der Waals surface area contributed by atoms with Crippen molar-refractivity contribution in [3.63, 3.8) is 0 Å². The van der Waals surface area contributed by atoms with Crippen LogP contribution in [0.4, 0.5) is 17.1 Å². The highest BCUT2D eigenvalue weighted by molar-refractivity contribution is 6.16. The predicted molar refractivity (Wildman–Crippen MR) is 257 cm³/mol. The maximum Gasteiger partial charge on any atom is 0.137 e. The van der Waals surface area contributed by atoms with Gasteiger partial charge in [0.2, 0.25) is 0 Å². The fourth-order valence-corrected chi connectivity index (χ4v) is 10.7. The quantitative estimate of drug-likeness (QED) is 0.173. The number of hydrogen-bond acceptors (Lipinski definition) is 2. The average molecular weight is 784 g/mol. The second kappa shape index (κ2) is 13.2. The van der Waals surface area contributed by atoms with Gasteiger partial charge in [-0.2, -0.15) is 0 Å². The average Bonchev–Trinajstić information content (AvgIpc) is 3.74. The van der Waals surface area contributed by atoms with Crippen LogP contribution < -0.4 is 4.90 Å². The van der Waals surface area contributed by atoms with E-state index in [2.05, 4.69) is 221 Å². The van der Waals surface area contributed by atoms with Gasteiger partial charge < -0.3 is 9.32 Å². The number of fused-ring (bicyclic) bond motifs is 9. The molecule has 0 amide bonds. The van der Waals surface area contributed by atoms with Crippen LogP contribution in [0.25, 0.3) is 66.1 Å². The predicted octanol–water partition coefficient (Wildman–Crippen LogP) is 16.3. The Hall–Kier alpha value is -7.16. The normalized spacial score (nSPS) is 15.7. The maximum absolute atomic E-state index is 6.65. The van der Waals surface area contributed by atoms with Crippen molar-refractivity contribution in [1.82, 2.24) is 0 Å². The molecule has 0 aliphatic heterocycles. The second-order valence-electron chi connectivity index (χ2n) is 18.1. The number of furan rings is 1. The smallest absolute Gasteiger partial charge is 0.137 e. The molecule has 0 radical (unpaired) electrons. The zero-order valence-corrected chi connectivity index (χ0v) is 35.0. The first kappa shape index (κ1) is 35.8. The summed E-state index contributed by atoms with van der Waals surface area (Å²) >= 11 is 0. The number of nitrogens with zero attached hydrogens (tertiary/aromatic N) is 1. The van der Waals surface area contributed by atoms with E-state index in [1.54, 1.807) is 0 Å². The first-order valence-electron chi connectivity index (χ1n) is 21.6. The maximum atomic E-state index is 6.65. The van der Waals surface area contributed by atoms with Crippen molar-refractivity contribution < 1.29 is 4.42 Å². The van der Waals surface area contributed by atoms with Gasteiger partial charge in [0, 0.05) is 27.6 Å². The third-order valence-corrected chi connectivity index (χ3v) is 14.0. The van der Waals surface area contributed by atoms with Gasteiger partial charge in [-0.15, -0.1) is 0 Å². The van der Waals surface area contributed by atoms with Gasteiger partial charge in [-0.1, -0.05) is 161 Å². The molecule has 0 fully saturated rings. The van der Waals surface area contributed by atoms with Crippen molar-refractivity contribution >= 4 is 60.9 Å². The molecule has 0 atom stereocenters. The molecule has 0 spiro atoms. The van der Waals surface area contributed by atoms with Gasteiger partial charge in [-0.3, -0.25) is 0 Å². The molecule has 3 aliphatic carbocycles. The van der Waals surface area contributed by atoms with Gasteiger partial charge in [-0.05, 0) is 139 Å². The molecule has 12 rings (SSSR count). The highest BCUT2D eigenvalue weighted by Crippen LogP contribution is 2.53. The molecule has 8 aromatic carbocycles. The topological polar surface area (TPSA) is 16.4 Å². The van der Waals surface area contributed by atoms with E-state index in [9.17, 15) is 0 Å². The molecule has 2 nitrogen and oxygen atoms in total. The Labute approximate surface area is 357 Å². The van der Waals surface area contributed by atoms with E-state index in [1.807, 2.05) is 0 Å². The lowest BCUT2D eigenvalue weighted by Gasteiger charge is -2.29. The summed E-state index contributed by atoms with van der Waals surface area (Å²) in [5, 5.41) is 4.61. The molecule has 61 heavy (non-hydrogen) atoms. The third-order valence-electron chi connectivity index (χ3n) is 14.0. The minimum absolute atomic E-state index is 0.0547. The van der Waals surface area contributed by atoms with Crippen molar-refractivity contribution in [3.8, 4) is 22.3 Å². The molecule has 9 aromatic rings. The van der Waals surface area contributed by atoms with E-state index in [4.69, 9.17) is 4.42 Å². The molecule has 0 bridgehead atoms. The van der Waals surface area contributed by atoms with Crippen LogP contribution in [0.1, 0.15) is 61.9 Å². The zero-order valence-electron chi connectivity index (χ0n) is 35.0. The van der Waals surface area contributed by atoms with Crippen molar-refractivity contribution in [2.45, 2.75) is 44.9 Å². The highest BCUT2D eigenvalue weighted by Gasteiger charge is 2.38. The van der Waals surface area contributed by atoms with Gasteiger partial charge in [-0.25, -0.2) is 0 Å². The lowest BCUT2D eigenvalue weighted by atomic mass is 9.79. The fraction of sp³-hybridized carbons (Fsp3) is 0.119. The third kappa shape index (κ3) is 5.41. The summed E-state index contributed by atoms with van der Waals surface area (Å²) in [4.78, 5) is 2.45. The Morgan fingerprint density at radius 3 is 2.00 bits per heavy atom. The number of benzene rings is 8. The fourth-order valence-electron chi connectivity index (χ4n) is 10.7. The Morgan fingerprint density at radius 1 is 0.475 bits per heavy atom. The lowest BCUT2D eigenvalue weighted by Crippen LogP contribution is -2.18. The van der Waals surface area contributed by atoms with E-state index >= 15 is 0 Å². The van der Waals surface area contributed by atoms with Crippen LogP contribution in [0.15, 0.2) is 198 Å². The zero-order chi connectivity index (χ0) is 41.0. The van der Waals surface area contributed by atoms with E-state index in [0.717, 1.165) is 45.4 Å². The van der Waals surface area contributed by atoms with Crippen LogP contribution >= 0.6 is 0 Å². The number of anilines is 3. The van der Waals surface area contributed by atoms with Crippen molar-refractivity contribution in [2.75, 3.05) is 4.90 Å². The summed E-state index contributed by atoms with van der Waals surface area (Å²) in [6, 6.07) is 62.5. The Balaban J connectivity index is 0.997. The standard InChI is InChI=1S/C59H45NO/c1-58(2)50-18-11-10-17-45(50)47-30-24-42(34-52(47)58)39-21-26-43(27-22-39)60(54-19-12-20-55-57(54)49-33-40-15-8-9-16-41(40)35-56(49)61-55)44-28-31-48-46-29-23-38(37-13-6-5-7-14-37)25-32-51(46)59(3,4)53(48)36-44/h5-31,33-36H,32H2,1-4H3. The minimum Gasteiger partial charge on any atom is -0.456 e. The van der Waals surface area contributed by atoms with Gasteiger partial charge in [0.05, 0.1) is 11.1 Å².